The second-order valence-corrected chi connectivity index (χ2v) is 12.0. The van der Waals surface area contributed by atoms with Crippen LogP contribution >= 0.6 is 30.1 Å². The average molecular weight is 502 g/mol. The van der Waals surface area contributed by atoms with E-state index in [9.17, 15) is 0 Å². The summed E-state index contributed by atoms with van der Waals surface area (Å²) in [5, 5.41) is 2.44. The largest absolute Gasteiger partial charge is 0.147 e. The first-order chi connectivity index (χ1) is 12.7. The summed E-state index contributed by atoms with van der Waals surface area (Å²) in [5.41, 5.74) is 0. The Morgan fingerprint density at radius 2 is 1.08 bits per heavy atom. The molecule has 0 saturated carbocycles. The van der Waals surface area contributed by atoms with Crippen molar-refractivity contribution < 1.29 is 13.7 Å². The van der Waals surface area contributed by atoms with Gasteiger partial charge in [0, 0.05) is 0 Å². The van der Waals surface area contributed by atoms with Crippen molar-refractivity contribution in [1.29, 1.82) is 0 Å². The number of hydrogen-bond donors (Lipinski definition) is 0. The molecule has 0 aliphatic heterocycles. The summed E-state index contributed by atoms with van der Waals surface area (Å²) >= 11 is 6.25. The van der Waals surface area contributed by atoms with Crippen molar-refractivity contribution in [3.05, 3.63) is 48.5 Å². The van der Waals surface area contributed by atoms with Gasteiger partial charge in [-0.15, -0.1) is 63.0 Å². The molecule has 0 amide bonds. The van der Waals surface area contributed by atoms with Gasteiger partial charge in [-0.1, -0.05) is 53.7 Å². The fourth-order valence-corrected chi connectivity index (χ4v) is 5.09. The van der Waals surface area contributed by atoms with Crippen LogP contribution in [0.15, 0.2) is 42.5 Å². The van der Waals surface area contributed by atoms with Crippen LogP contribution in [-0.4, -0.2) is 37.0 Å². The molecular formula is C22H37BrNiP2-. The van der Waals surface area contributed by atoms with Gasteiger partial charge < -0.3 is 0 Å². The zero-order valence-electron chi connectivity index (χ0n) is 17.4. The van der Waals surface area contributed by atoms with Crippen LogP contribution < -0.4 is 0 Å². The summed E-state index contributed by atoms with van der Waals surface area (Å²) in [7, 11) is 0.892. The zero-order chi connectivity index (χ0) is 20.2. The quantitative estimate of drug-likeness (QED) is 0.211. The molecule has 0 nitrogen and oxygen atoms in total. The zero-order valence-corrected chi connectivity index (χ0v) is 21.7. The van der Waals surface area contributed by atoms with Crippen LogP contribution in [0.2, 0.25) is 0 Å². The summed E-state index contributed by atoms with van der Waals surface area (Å²) in [6.07, 6.45) is 8.51. The molecule has 0 aromatic heterocycles. The Hall–Kier alpha value is 0.534. The Kier molecular flexibility index (Phi) is 24.1. The van der Waals surface area contributed by atoms with Gasteiger partial charge >= 0.3 is 27.9 Å². The molecule has 0 aliphatic rings. The monoisotopic (exact) mass is 500 g/mol. The van der Waals surface area contributed by atoms with Crippen molar-refractivity contribution in [1.82, 2.24) is 0 Å². The van der Waals surface area contributed by atoms with Crippen molar-refractivity contribution in [3.8, 4) is 0 Å². The van der Waals surface area contributed by atoms with E-state index in [1.54, 1.807) is 0 Å². The van der Waals surface area contributed by atoms with Gasteiger partial charge in [-0.2, -0.15) is 0 Å². The van der Waals surface area contributed by atoms with E-state index in [2.05, 4.69) is 93.7 Å². The molecule has 4 heteroatoms. The van der Waals surface area contributed by atoms with E-state index >= 15 is 0 Å². The van der Waals surface area contributed by atoms with Crippen molar-refractivity contribution in [2.24, 2.45) is 0 Å². The first-order valence-corrected chi connectivity index (χ1v) is 15.8. The van der Waals surface area contributed by atoms with Gasteiger partial charge in [0.2, 0.25) is 0 Å². The molecule has 0 unspecified atom stereocenters. The third kappa shape index (κ3) is 14.6. The molecule has 0 atom stereocenters. The van der Waals surface area contributed by atoms with Crippen LogP contribution in [-0.2, 0) is 13.7 Å². The maximum atomic E-state index is 3.69. The van der Waals surface area contributed by atoms with Crippen LogP contribution in [0.1, 0.15) is 41.5 Å². The Balaban J connectivity index is 0. The van der Waals surface area contributed by atoms with E-state index in [0.29, 0.717) is 15.8 Å². The molecule has 26 heavy (non-hydrogen) atoms. The second-order valence-electron chi connectivity index (χ2n) is 5.50. The third-order valence-corrected chi connectivity index (χ3v) is 9.62. The standard InChI is InChI=1S/C10H7.2C6H15P.BrH.Ni/c1-2-6-10-8-4-3-7-9(10)5-1;2*1-4-7(5-2)6-3;;/h1-7H;2*4-6H2,1-3H3;1H;/q-1;;;;+1/p-1. The molecule has 0 aliphatic carbocycles. The van der Waals surface area contributed by atoms with Gasteiger partial charge in [0.1, 0.15) is 0 Å². The van der Waals surface area contributed by atoms with Gasteiger partial charge in [-0.25, -0.2) is 0 Å². The topological polar surface area (TPSA) is 0 Å². The normalized spacial score (nSPS) is 9.65. The molecule has 0 saturated heterocycles. The van der Waals surface area contributed by atoms with E-state index in [0.717, 1.165) is 0 Å². The van der Waals surface area contributed by atoms with E-state index in [1.165, 1.54) is 47.7 Å². The molecule has 0 spiro atoms. The van der Waals surface area contributed by atoms with E-state index < -0.39 is 0 Å². The Morgan fingerprint density at radius 3 is 1.42 bits per heavy atom. The molecule has 2 rings (SSSR count). The molecule has 0 N–H and O–H groups in total. The molecule has 153 valence electrons. The number of halogens is 1. The molecular weight excluding hydrogens is 465 g/mol. The maximum Gasteiger partial charge on any atom is -0.0801 e. The minimum atomic E-state index is 0.446. The average Bonchev–Trinajstić information content (AvgIpc) is 2.73. The molecule has 2 aromatic rings. The van der Waals surface area contributed by atoms with Gasteiger partial charge in [-0.3, -0.25) is 0 Å². The predicted octanol–water partition coefficient (Wildman–Crippen LogP) is 8.54. The van der Waals surface area contributed by atoms with E-state index in [4.69, 9.17) is 0 Å². The fourth-order valence-electron chi connectivity index (χ4n) is 2.41. The van der Waals surface area contributed by atoms with Gasteiger partial charge in [0.25, 0.3) is 0 Å². The summed E-state index contributed by atoms with van der Waals surface area (Å²) < 4.78 is 0. The molecule has 0 bridgehead atoms. The van der Waals surface area contributed by atoms with Crippen LogP contribution in [0.3, 0.4) is 0 Å². The van der Waals surface area contributed by atoms with Crippen molar-refractivity contribution in [3.63, 3.8) is 0 Å². The first kappa shape index (κ1) is 28.7. The second kappa shape index (κ2) is 21.8. The summed E-state index contributed by atoms with van der Waals surface area (Å²) in [6, 6.07) is 17.4. The Morgan fingerprint density at radius 1 is 0.692 bits per heavy atom. The van der Waals surface area contributed by atoms with Gasteiger partial charge in [-0.05, 0) is 37.0 Å². The molecule has 2 aromatic carbocycles. The van der Waals surface area contributed by atoms with E-state index in [-0.39, 0.29) is 0 Å². The van der Waals surface area contributed by atoms with Crippen LogP contribution in [0, 0.1) is 6.07 Å². The van der Waals surface area contributed by atoms with Gasteiger partial charge in [0.15, 0.2) is 0 Å². The molecule has 0 fully saturated rings. The van der Waals surface area contributed by atoms with Gasteiger partial charge in [0.05, 0.1) is 0 Å². The fraction of sp³-hybridized carbons (Fsp3) is 0.545. The molecule has 0 radical (unpaired) electrons. The Bertz CT molecular complexity index is 426. The van der Waals surface area contributed by atoms with Crippen LogP contribution in [0.5, 0.6) is 0 Å². The first-order valence-electron chi connectivity index (χ1n) is 9.58. The third-order valence-electron chi connectivity index (χ3n) is 4.25. The number of rotatable bonds is 6. The van der Waals surface area contributed by atoms with E-state index in [1.807, 2.05) is 24.3 Å². The minimum Gasteiger partial charge on any atom is -0.147 e. The predicted molar refractivity (Wildman–Crippen MR) is 129 cm³/mol. The van der Waals surface area contributed by atoms with Crippen molar-refractivity contribution >= 4 is 40.8 Å². The number of hydrogen-bond acceptors (Lipinski definition) is 0. The molecule has 0 heterocycles. The summed E-state index contributed by atoms with van der Waals surface area (Å²) in [4.78, 5) is 0. The Labute approximate surface area is 181 Å². The van der Waals surface area contributed by atoms with Crippen molar-refractivity contribution in [2.75, 3.05) is 37.0 Å². The maximum absolute atomic E-state index is 3.69. The van der Waals surface area contributed by atoms with Crippen LogP contribution in [0.25, 0.3) is 10.8 Å². The minimum absolute atomic E-state index is 0.446. The van der Waals surface area contributed by atoms with Crippen LogP contribution in [0.4, 0.5) is 0 Å². The smallest absolute Gasteiger partial charge is 0.0801 e. The number of fused-ring (bicyclic) bond motifs is 1. The summed E-state index contributed by atoms with van der Waals surface area (Å²) in [5.74, 6) is 0. The van der Waals surface area contributed by atoms with Crippen molar-refractivity contribution in [2.45, 2.75) is 41.5 Å². The summed E-state index contributed by atoms with van der Waals surface area (Å²) in [6.45, 7) is 13.7. The number of benzene rings is 2. The SMILES string of the molecule is CCP(CC)CC.CCP(CC)CC.[Ni][Br].[c-]1cccc2ccccc12.